The van der Waals surface area contributed by atoms with E-state index in [4.69, 9.17) is 6.42 Å². The van der Waals surface area contributed by atoms with E-state index in [1.54, 1.807) is 11.3 Å². The largest absolute Gasteiger partial charge is 0.356 e. The fourth-order valence-corrected chi connectivity index (χ4v) is 3.88. The third-order valence-corrected chi connectivity index (χ3v) is 5.64. The molecule has 1 aromatic rings. The molecule has 0 bridgehead atoms. The van der Waals surface area contributed by atoms with E-state index in [2.05, 4.69) is 36.7 Å². The monoisotopic (exact) mass is 345 g/mol. The molecule has 1 aromatic heterocycles. The Morgan fingerprint density at radius 2 is 2.21 bits per heavy atom. The number of nitrogens with one attached hydrogen (secondary N) is 1. The van der Waals surface area contributed by atoms with E-state index in [-0.39, 0.29) is 17.5 Å². The summed E-state index contributed by atoms with van der Waals surface area (Å²) in [5, 5.41) is 14.4. The fraction of sp³-hybridized carbons (Fsp3) is 0.647. The summed E-state index contributed by atoms with van der Waals surface area (Å²) >= 11 is 1.68. The van der Waals surface area contributed by atoms with Crippen molar-refractivity contribution in [2.24, 2.45) is 16.1 Å². The molecule has 2 aliphatic rings. The normalized spacial score (nSPS) is 19.1. The molecule has 1 fully saturated rings. The van der Waals surface area contributed by atoms with E-state index in [1.165, 1.54) is 0 Å². The van der Waals surface area contributed by atoms with Gasteiger partial charge in [0.15, 0.2) is 10.8 Å². The van der Waals surface area contributed by atoms with Crippen LogP contribution in [0.5, 0.6) is 0 Å². The lowest BCUT2D eigenvalue weighted by Crippen LogP contribution is -2.41. The highest BCUT2D eigenvalue weighted by Gasteiger charge is 2.38. The highest BCUT2D eigenvalue weighted by Crippen LogP contribution is 2.36. The number of anilines is 1. The van der Waals surface area contributed by atoms with Crippen molar-refractivity contribution in [2.45, 2.75) is 44.7 Å². The number of amides is 1. The first-order valence-corrected chi connectivity index (χ1v) is 9.32. The number of aromatic nitrogens is 1. The Kier molecular flexibility index (Phi) is 5.14. The van der Waals surface area contributed by atoms with E-state index in [0.717, 1.165) is 49.6 Å². The Hall–Kier alpha value is -1.94. The average molecular weight is 345 g/mol. The Balaban J connectivity index is 1.37. The summed E-state index contributed by atoms with van der Waals surface area (Å²) in [5.74, 6) is 2.86. The maximum Gasteiger partial charge on any atom is 0.223 e. The van der Waals surface area contributed by atoms with Crippen LogP contribution in [0.4, 0.5) is 5.13 Å². The van der Waals surface area contributed by atoms with Gasteiger partial charge in [-0.1, -0.05) is 0 Å². The number of piperidine rings is 1. The number of nitrogens with zero attached hydrogens (tertiary/aromatic N) is 4. The summed E-state index contributed by atoms with van der Waals surface area (Å²) in [6.45, 7) is 4.40. The van der Waals surface area contributed by atoms with Gasteiger partial charge in [-0.15, -0.1) is 23.7 Å². The minimum atomic E-state index is -0.314. The zero-order valence-electron chi connectivity index (χ0n) is 14.0. The molecule has 0 saturated carbocycles. The lowest BCUT2D eigenvalue weighted by molar-refractivity contribution is -0.125. The minimum Gasteiger partial charge on any atom is -0.356 e. The van der Waals surface area contributed by atoms with Gasteiger partial charge in [0.2, 0.25) is 5.91 Å². The summed E-state index contributed by atoms with van der Waals surface area (Å²) in [6, 6.07) is 0. The van der Waals surface area contributed by atoms with E-state index in [0.29, 0.717) is 13.0 Å². The second-order valence-corrected chi connectivity index (χ2v) is 7.30. The first kappa shape index (κ1) is 16.9. The first-order valence-electron chi connectivity index (χ1n) is 8.44. The molecule has 3 rings (SSSR count). The standard InChI is InChI=1S/C17H23N5OS/c1-3-4-7-17(20-21-17)8-9-18-15(23)14-5-10-22(11-6-14)16-19-13(2)12-24-16/h1,12,14H,4-11H2,2H3,(H,18,23). The highest BCUT2D eigenvalue weighted by atomic mass is 32.1. The molecule has 1 amide bonds. The second kappa shape index (κ2) is 7.31. The van der Waals surface area contributed by atoms with E-state index in [9.17, 15) is 4.79 Å². The van der Waals surface area contributed by atoms with Gasteiger partial charge in [0.25, 0.3) is 0 Å². The highest BCUT2D eigenvalue weighted by molar-refractivity contribution is 7.13. The second-order valence-electron chi connectivity index (χ2n) is 6.46. The van der Waals surface area contributed by atoms with Crippen LogP contribution in [0.25, 0.3) is 0 Å². The van der Waals surface area contributed by atoms with Gasteiger partial charge in [0.1, 0.15) is 0 Å². The number of hydrogen-bond acceptors (Lipinski definition) is 6. The molecule has 3 heterocycles. The van der Waals surface area contributed by atoms with Crippen molar-refractivity contribution in [1.29, 1.82) is 0 Å². The smallest absolute Gasteiger partial charge is 0.223 e. The molecule has 0 aliphatic carbocycles. The zero-order chi connectivity index (χ0) is 17.0. The van der Waals surface area contributed by atoms with Gasteiger partial charge in [-0.2, -0.15) is 10.2 Å². The molecular formula is C17H23N5OS. The number of rotatable bonds is 7. The molecule has 0 radical (unpaired) electrons. The van der Waals surface area contributed by atoms with Crippen molar-refractivity contribution < 1.29 is 4.79 Å². The molecule has 0 atom stereocenters. The molecule has 6 nitrogen and oxygen atoms in total. The molecule has 7 heteroatoms. The SMILES string of the molecule is C#CCCC1(CCNC(=O)C2CCN(c3nc(C)cs3)CC2)N=N1. The summed E-state index contributed by atoms with van der Waals surface area (Å²) < 4.78 is 0. The Morgan fingerprint density at radius 3 is 2.79 bits per heavy atom. The molecule has 24 heavy (non-hydrogen) atoms. The predicted octanol–water partition coefficient (Wildman–Crippen LogP) is 2.75. The minimum absolute atomic E-state index is 0.0945. The lowest BCUT2D eigenvalue weighted by Gasteiger charge is -2.31. The Bertz CT molecular complexity index is 648. The predicted molar refractivity (Wildman–Crippen MR) is 95.1 cm³/mol. The number of terminal acetylenes is 1. The summed E-state index contributed by atoms with van der Waals surface area (Å²) in [5.41, 5.74) is 0.746. The molecule has 0 aromatic carbocycles. The van der Waals surface area contributed by atoms with Crippen LogP contribution >= 0.6 is 11.3 Å². The van der Waals surface area contributed by atoms with Crippen LogP contribution in [-0.4, -0.2) is 36.2 Å². The molecule has 2 aliphatic heterocycles. The average Bonchev–Trinajstić information content (AvgIpc) is 3.23. The molecule has 128 valence electrons. The zero-order valence-corrected chi connectivity index (χ0v) is 14.8. The van der Waals surface area contributed by atoms with Crippen molar-refractivity contribution in [3.05, 3.63) is 11.1 Å². The fourth-order valence-electron chi connectivity index (χ4n) is 3.02. The third kappa shape index (κ3) is 4.12. The topological polar surface area (TPSA) is 70.0 Å². The van der Waals surface area contributed by atoms with Gasteiger partial charge < -0.3 is 10.2 Å². The van der Waals surface area contributed by atoms with Crippen LogP contribution in [0.1, 0.15) is 37.8 Å². The third-order valence-electron chi connectivity index (χ3n) is 4.62. The van der Waals surface area contributed by atoms with Crippen LogP contribution in [0.15, 0.2) is 15.6 Å². The van der Waals surface area contributed by atoms with Gasteiger partial charge in [0.05, 0.1) is 5.69 Å². The van der Waals surface area contributed by atoms with Gasteiger partial charge in [-0.05, 0) is 19.8 Å². The van der Waals surface area contributed by atoms with E-state index >= 15 is 0 Å². The summed E-state index contributed by atoms with van der Waals surface area (Å²) in [4.78, 5) is 19.1. The molecule has 1 N–H and O–H groups in total. The van der Waals surface area contributed by atoms with Crippen molar-refractivity contribution in [1.82, 2.24) is 10.3 Å². The summed E-state index contributed by atoms with van der Waals surface area (Å²) in [6.07, 6.45) is 9.24. The quantitative estimate of drug-likeness (QED) is 0.773. The van der Waals surface area contributed by atoms with Crippen LogP contribution in [0.2, 0.25) is 0 Å². The summed E-state index contributed by atoms with van der Waals surface area (Å²) in [7, 11) is 0. The van der Waals surface area contributed by atoms with Crippen molar-refractivity contribution in [2.75, 3.05) is 24.5 Å². The maximum atomic E-state index is 12.3. The molecule has 0 unspecified atom stereocenters. The molecular weight excluding hydrogens is 322 g/mol. The number of aryl methyl sites for hydroxylation is 1. The van der Waals surface area contributed by atoms with Crippen LogP contribution in [0.3, 0.4) is 0 Å². The van der Waals surface area contributed by atoms with Crippen LogP contribution in [0, 0.1) is 25.2 Å². The maximum absolute atomic E-state index is 12.3. The van der Waals surface area contributed by atoms with Crippen molar-refractivity contribution >= 4 is 22.4 Å². The molecule has 1 saturated heterocycles. The Morgan fingerprint density at radius 1 is 1.46 bits per heavy atom. The van der Waals surface area contributed by atoms with Gasteiger partial charge in [-0.3, -0.25) is 4.79 Å². The van der Waals surface area contributed by atoms with Gasteiger partial charge in [-0.25, -0.2) is 4.98 Å². The van der Waals surface area contributed by atoms with E-state index < -0.39 is 0 Å². The lowest BCUT2D eigenvalue weighted by atomic mass is 9.96. The van der Waals surface area contributed by atoms with Gasteiger partial charge >= 0.3 is 0 Å². The van der Waals surface area contributed by atoms with Crippen molar-refractivity contribution in [3.63, 3.8) is 0 Å². The van der Waals surface area contributed by atoms with E-state index in [1.807, 2.05) is 6.92 Å². The number of thiazole rings is 1. The Labute approximate surface area is 146 Å². The molecule has 0 spiro atoms. The number of carbonyl (C=O) groups excluding carboxylic acids is 1. The van der Waals surface area contributed by atoms with Crippen molar-refractivity contribution in [3.8, 4) is 12.3 Å². The van der Waals surface area contributed by atoms with Crippen LogP contribution in [-0.2, 0) is 4.79 Å². The van der Waals surface area contributed by atoms with Crippen LogP contribution < -0.4 is 10.2 Å². The number of carbonyl (C=O) groups is 1. The first-order chi connectivity index (χ1) is 11.6. The number of hydrogen-bond donors (Lipinski definition) is 1. The van der Waals surface area contributed by atoms with Gasteiger partial charge in [0, 0.05) is 50.2 Å².